The third-order valence-electron chi connectivity index (χ3n) is 2.67. The minimum absolute atomic E-state index is 0.736. The van der Waals surface area contributed by atoms with Crippen LogP contribution < -0.4 is 5.73 Å². The van der Waals surface area contributed by atoms with Crippen molar-refractivity contribution in [3.8, 4) is 0 Å². The predicted octanol–water partition coefficient (Wildman–Crippen LogP) is 1.47. The first-order valence-electron chi connectivity index (χ1n) is 5.42. The molecule has 3 nitrogen and oxygen atoms in total. The van der Waals surface area contributed by atoms with Gasteiger partial charge in [0.15, 0.2) is 0 Å². The maximum Gasteiger partial charge on any atom is 0.0501 e. The normalized spacial score (nSPS) is 16.8. The minimum Gasteiger partial charge on any atom is -0.397 e. The fourth-order valence-corrected chi connectivity index (χ4v) is 1.75. The topological polar surface area (TPSA) is 42.1 Å². The summed E-state index contributed by atoms with van der Waals surface area (Å²) in [5, 5.41) is 0. The lowest BCUT2D eigenvalue weighted by Gasteiger charge is -2.22. The fraction of sp³-hybridized carbons (Fsp3) is 0.417. The van der Waals surface area contributed by atoms with E-state index in [1.54, 1.807) is 6.20 Å². The molecule has 0 saturated carbocycles. The van der Waals surface area contributed by atoms with E-state index in [4.69, 9.17) is 5.73 Å². The lowest BCUT2D eigenvalue weighted by atomic mass is 10.2. The molecule has 0 atom stereocenters. The number of nitrogens with zero attached hydrogens (tertiary/aromatic N) is 2. The highest BCUT2D eigenvalue weighted by Gasteiger charge is 2.05. The molecule has 15 heavy (non-hydrogen) atoms. The van der Waals surface area contributed by atoms with Gasteiger partial charge in [-0.3, -0.25) is 9.88 Å². The number of nitrogens with two attached hydrogens (primary N) is 1. The number of nitrogen functional groups attached to an aromatic ring is 1. The van der Waals surface area contributed by atoms with Crippen molar-refractivity contribution in [2.24, 2.45) is 0 Å². The number of rotatable bonds is 3. The van der Waals surface area contributed by atoms with Crippen LogP contribution in [0.15, 0.2) is 30.5 Å². The first-order valence-corrected chi connectivity index (χ1v) is 5.42. The fourth-order valence-electron chi connectivity index (χ4n) is 1.75. The molecule has 0 bridgehead atoms. The van der Waals surface area contributed by atoms with Gasteiger partial charge in [-0.2, -0.15) is 0 Å². The van der Waals surface area contributed by atoms with Gasteiger partial charge in [-0.1, -0.05) is 12.2 Å². The molecule has 0 unspecified atom stereocenters. The Morgan fingerprint density at radius 3 is 2.93 bits per heavy atom. The van der Waals surface area contributed by atoms with Crippen LogP contribution in [-0.4, -0.2) is 29.5 Å². The Kier molecular flexibility index (Phi) is 3.35. The van der Waals surface area contributed by atoms with E-state index < -0.39 is 0 Å². The van der Waals surface area contributed by atoms with E-state index in [9.17, 15) is 0 Å². The summed E-state index contributed by atoms with van der Waals surface area (Å²) in [6.07, 6.45) is 8.40. The molecule has 2 N–H and O–H groups in total. The average molecular weight is 203 g/mol. The van der Waals surface area contributed by atoms with Crippen molar-refractivity contribution in [3.05, 3.63) is 36.2 Å². The zero-order valence-electron chi connectivity index (χ0n) is 8.89. The predicted molar refractivity (Wildman–Crippen MR) is 62.6 cm³/mol. The molecule has 1 aliphatic heterocycles. The number of pyridine rings is 1. The van der Waals surface area contributed by atoms with Crippen LogP contribution in [0.2, 0.25) is 0 Å². The second kappa shape index (κ2) is 4.94. The quantitative estimate of drug-likeness (QED) is 0.756. The Morgan fingerprint density at radius 2 is 2.27 bits per heavy atom. The second-order valence-corrected chi connectivity index (χ2v) is 3.89. The molecule has 3 heteroatoms. The molecule has 0 saturated heterocycles. The molecule has 0 amide bonds. The van der Waals surface area contributed by atoms with Crippen molar-refractivity contribution in [2.45, 2.75) is 12.8 Å². The summed E-state index contributed by atoms with van der Waals surface area (Å²) in [6, 6.07) is 3.92. The van der Waals surface area contributed by atoms with Gasteiger partial charge in [0.25, 0.3) is 0 Å². The molecule has 0 spiro atoms. The first kappa shape index (κ1) is 10.2. The van der Waals surface area contributed by atoms with Gasteiger partial charge in [-0.25, -0.2) is 0 Å². The molecular weight excluding hydrogens is 186 g/mol. The van der Waals surface area contributed by atoms with E-state index in [0.29, 0.717) is 0 Å². The number of hydrogen-bond acceptors (Lipinski definition) is 3. The van der Waals surface area contributed by atoms with Crippen LogP contribution in [0.5, 0.6) is 0 Å². The standard InChI is InChI=1S/C12H17N3/c13-11-4-5-12(14-10-11)6-9-15-7-2-1-3-8-15/h1-2,4-5,10H,3,6-9,13H2. The number of anilines is 1. The van der Waals surface area contributed by atoms with E-state index in [1.807, 2.05) is 12.1 Å². The highest BCUT2D eigenvalue weighted by molar-refractivity contribution is 5.34. The molecular formula is C12H17N3. The van der Waals surface area contributed by atoms with Gasteiger partial charge in [0.05, 0.1) is 11.9 Å². The van der Waals surface area contributed by atoms with E-state index in [1.165, 1.54) is 13.0 Å². The lowest BCUT2D eigenvalue weighted by Crippen LogP contribution is -2.29. The summed E-state index contributed by atoms with van der Waals surface area (Å²) in [5.74, 6) is 0. The summed E-state index contributed by atoms with van der Waals surface area (Å²) in [5.41, 5.74) is 7.44. The third kappa shape index (κ3) is 3.06. The van der Waals surface area contributed by atoms with Crippen molar-refractivity contribution in [2.75, 3.05) is 25.4 Å². The van der Waals surface area contributed by atoms with Gasteiger partial charge < -0.3 is 5.73 Å². The largest absolute Gasteiger partial charge is 0.397 e. The molecule has 2 heterocycles. The zero-order chi connectivity index (χ0) is 10.5. The van der Waals surface area contributed by atoms with Gasteiger partial charge >= 0.3 is 0 Å². The van der Waals surface area contributed by atoms with Crippen LogP contribution in [0.4, 0.5) is 5.69 Å². The highest BCUT2D eigenvalue weighted by Crippen LogP contribution is 2.05. The Morgan fingerprint density at radius 1 is 1.33 bits per heavy atom. The van der Waals surface area contributed by atoms with Crippen molar-refractivity contribution in [3.63, 3.8) is 0 Å². The summed E-state index contributed by atoms with van der Waals surface area (Å²) in [7, 11) is 0. The maximum absolute atomic E-state index is 5.58. The van der Waals surface area contributed by atoms with E-state index >= 15 is 0 Å². The molecule has 0 aromatic carbocycles. The number of hydrogen-bond donors (Lipinski definition) is 1. The van der Waals surface area contributed by atoms with Gasteiger partial charge in [0.2, 0.25) is 0 Å². The van der Waals surface area contributed by atoms with Crippen molar-refractivity contribution in [1.29, 1.82) is 0 Å². The summed E-state index contributed by atoms with van der Waals surface area (Å²) in [6.45, 7) is 3.34. The third-order valence-corrected chi connectivity index (χ3v) is 2.67. The van der Waals surface area contributed by atoms with Crippen molar-refractivity contribution < 1.29 is 0 Å². The Bertz CT molecular complexity index is 329. The molecule has 0 radical (unpaired) electrons. The molecule has 1 aromatic heterocycles. The van der Waals surface area contributed by atoms with E-state index in [-0.39, 0.29) is 0 Å². The van der Waals surface area contributed by atoms with Crippen LogP contribution in [0, 0.1) is 0 Å². The van der Waals surface area contributed by atoms with Crippen molar-refractivity contribution >= 4 is 5.69 Å². The minimum atomic E-state index is 0.736. The van der Waals surface area contributed by atoms with Gasteiger partial charge in [0, 0.05) is 31.7 Å². The van der Waals surface area contributed by atoms with Gasteiger partial charge in [-0.15, -0.1) is 0 Å². The molecule has 1 aromatic rings. The second-order valence-electron chi connectivity index (χ2n) is 3.89. The van der Waals surface area contributed by atoms with Crippen LogP contribution in [-0.2, 0) is 6.42 Å². The van der Waals surface area contributed by atoms with Crippen LogP contribution in [0.3, 0.4) is 0 Å². The lowest BCUT2D eigenvalue weighted by molar-refractivity contribution is 0.301. The number of aromatic nitrogens is 1. The average Bonchev–Trinajstić information content (AvgIpc) is 2.30. The monoisotopic (exact) mass is 203 g/mol. The first-order chi connectivity index (χ1) is 7.34. The van der Waals surface area contributed by atoms with E-state index in [0.717, 1.165) is 30.9 Å². The van der Waals surface area contributed by atoms with E-state index in [2.05, 4.69) is 22.0 Å². The smallest absolute Gasteiger partial charge is 0.0501 e. The Labute approximate surface area is 90.6 Å². The molecule has 0 fully saturated rings. The van der Waals surface area contributed by atoms with Crippen molar-refractivity contribution in [1.82, 2.24) is 9.88 Å². The SMILES string of the molecule is Nc1ccc(CCN2CC=CCC2)nc1. The maximum atomic E-state index is 5.58. The van der Waals surface area contributed by atoms with Gasteiger partial charge in [0.1, 0.15) is 0 Å². The summed E-state index contributed by atoms with van der Waals surface area (Å²) in [4.78, 5) is 6.74. The molecule has 1 aliphatic rings. The Balaban J connectivity index is 1.82. The summed E-state index contributed by atoms with van der Waals surface area (Å²) < 4.78 is 0. The summed E-state index contributed by atoms with van der Waals surface area (Å²) >= 11 is 0. The van der Waals surface area contributed by atoms with Gasteiger partial charge in [-0.05, 0) is 18.6 Å². The zero-order valence-corrected chi connectivity index (χ0v) is 8.89. The van der Waals surface area contributed by atoms with Crippen LogP contribution in [0.1, 0.15) is 12.1 Å². The molecule has 0 aliphatic carbocycles. The van der Waals surface area contributed by atoms with Crippen LogP contribution >= 0.6 is 0 Å². The molecule has 80 valence electrons. The van der Waals surface area contributed by atoms with Crippen LogP contribution in [0.25, 0.3) is 0 Å². The Hall–Kier alpha value is -1.35. The molecule has 2 rings (SSSR count). The highest BCUT2D eigenvalue weighted by atomic mass is 15.1.